The average molecular weight is 479 g/mol. The van der Waals surface area contributed by atoms with Gasteiger partial charge < -0.3 is 9.42 Å². The molecule has 0 saturated carbocycles. The van der Waals surface area contributed by atoms with Gasteiger partial charge in [0.2, 0.25) is 11.7 Å². The molecule has 1 saturated heterocycles. The Bertz CT molecular complexity index is 1250. The number of piperazine rings is 1. The van der Waals surface area contributed by atoms with Crippen molar-refractivity contribution in [3.63, 3.8) is 0 Å². The summed E-state index contributed by atoms with van der Waals surface area (Å²) in [5.74, 6) is 0.706. The molecule has 0 spiro atoms. The smallest absolute Gasteiger partial charge is 0.270 e. The van der Waals surface area contributed by atoms with E-state index in [4.69, 9.17) is 16.1 Å². The van der Waals surface area contributed by atoms with E-state index in [2.05, 4.69) is 37.7 Å². The van der Waals surface area contributed by atoms with Crippen LogP contribution in [-0.4, -0.2) is 63.6 Å². The first kappa shape index (κ1) is 22.2. The number of aromatic nitrogens is 2. The molecule has 0 bridgehead atoms. The van der Waals surface area contributed by atoms with Crippen LogP contribution in [0.5, 0.6) is 0 Å². The van der Waals surface area contributed by atoms with Gasteiger partial charge >= 0.3 is 0 Å². The Morgan fingerprint density at radius 1 is 1.03 bits per heavy atom. The molecule has 1 aromatic heterocycles. The van der Waals surface area contributed by atoms with Crippen LogP contribution in [0.1, 0.15) is 18.4 Å². The van der Waals surface area contributed by atoms with Crippen molar-refractivity contribution in [2.75, 3.05) is 26.2 Å². The molecule has 2 aliphatic heterocycles. The number of nitrogens with zero attached hydrogens (tertiary/aromatic N) is 5. The van der Waals surface area contributed by atoms with Crippen molar-refractivity contribution in [1.82, 2.24) is 25.4 Å². The third kappa shape index (κ3) is 5.00. The summed E-state index contributed by atoms with van der Waals surface area (Å²) >= 11 is 6.07. The van der Waals surface area contributed by atoms with Gasteiger partial charge in [0.05, 0.1) is 0 Å². The number of hydrogen-bond donors (Lipinski definition) is 1. The number of amides is 2. The largest absolute Gasteiger partial charge is 0.335 e. The highest BCUT2D eigenvalue weighted by Crippen LogP contribution is 2.25. The van der Waals surface area contributed by atoms with E-state index in [0.29, 0.717) is 48.4 Å². The van der Waals surface area contributed by atoms with Gasteiger partial charge in [-0.05, 0) is 29.8 Å². The van der Waals surface area contributed by atoms with E-state index < -0.39 is 0 Å². The van der Waals surface area contributed by atoms with E-state index in [0.717, 1.165) is 36.3 Å². The molecular weight excluding hydrogens is 456 g/mol. The SMILES string of the molecule is O=C1CCC(C(=O)N2CCN(Cc3cccc(-c4noc(-c5cccc(Cl)c5)n4)c3)CC2)=NN1. The van der Waals surface area contributed by atoms with E-state index in [-0.39, 0.29) is 11.8 Å². The molecule has 2 aromatic carbocycles. The summed E-state index contributed by atoms with van der Waals surface area (Å²) in [7, 11) is 0. The first-order valence-electron chi connectivity index (χ1n) is 11.1. The highest BCUT2D eigenvalue weighted by molar-refractivity contribution is 6.39. The average Bonchev–Trinajstić information content (AvgIpc) is 3.35. The molecule has 174 valence electrons. The van der Waals surface area contributed by atoms with Crippen LogP contribution in [0.2, 0.25) is 5.02 Å². The lowest BCUT2D eigenvalue weighted by Gasteiger charge is -2.35. The molecule has 0 unspecified atom stereocenters. The lowest BCUT2D eigenvalue weighted by molar-refractivity contribution is -0.126. The van der Waals surface area contributed by atoms with Crippen molar-refractivity contribution in [2.24, 2.45) is 5.10 Å². The molecule has 10 heteroatoms. The molecular formula is C24H23ClN6O3. The maximum Gasteiger partial charge on any atom is 0.270 e. The van der Waals surface area contributed by atoms with Gasteiger partial charge in [-0.1, -0.05) is 41.0 Å². The summed E-state index contributed by atoms with van der Waals surface area (Å²) < 4.78 is 5.44. The zero-order valence-electron chi connectivity index (χ0n) is 18.4. The summed E-state index contributed by atoms with van der Waals surface area (Å²) in [6.45, 7) is 3.53. The van der Waals surface area contributed by atoms with Crippen LogP contribution in [0.3, 0.4) is 0 Å². The maximum absolute atomic E-state index is 12.6. The molecule has 0 atom stereocenters. The van der Waals surface area contributed by atoms with Gasteiger partial charge in [0.1, 0.15) is 5.71 Å². The van der Waals surface area contributed by atoms with Gasteiger partial charge in [0.25, 0.3) is 11.8 Å². The van der Waals surface area contributed by atoms with E-state index in [1.165, 1.54) is 0 Å². The fourth-order valence-electron chi connectivity index (χ4n) is 4.07. The Labute approximate surface area is 201 Å². The van der Waals surface area contributed by atoms with E-state index >= 15 is 0 Å². The normalized spacial score (nSPS) is 16.8. The van der Waals surface area contributed by atoms with Gasteiger partial charge in [-0.2, -0.15) is 10.1 Å². The van der Waals surface area contributed by atoms with Gasteiger partial charge in [0, 0.05) is 61.7 Å². The number of carbonyl (C=O) groups excluding carboxylic acids is 2. The van der Waals surface area contributed by atoms with Crippen LogP contribution in [-0.2, 0) is 16.1 Å². The van der Waals surface area contributed by atoms with Gasteiger partial charge in [-0.25, -0.2) is 5.43 Å². The number of hydrazone groups is 1. The number of nitrogens with one attached hydrogen (secondary N) is 1. The van der Waals surface area contributed by atoms with Crippen molar-refractivity contribution in [3.8, 4) is 22.8 Å². The van der Waals surface area contributed by atoms with E-state index in [1.54, 1.807) is 17.0 Å². The molecule has 9 nitrogen and oxygen atoms in total. The van der Waals surface area contributed by atoms with E-state index in [9.17, 15) is 9.59 Å². The predicted molar refractivity (Wildman–Crippen MR) is 127 cm³/mol. The number of benzene rings is 2. The Kier molecular flexibility index (Phi) is 6.37. The van der Waals surface area contributed by atoms with Gasteiger partial charge in [0.15, 0.2) is 0 Å². The molecule has 34 heavy (non-hydrogen) atoms. The monoisotopic (exact) mass is 478 g/mol. The number of carbonyl (C=O) groups is 2. The topological polar surface area (TPSA) is 104 Å². The van der Waals surface area contributed by atoms with Crippen LogP contribution >= 0.6 is 11.6 Å². The quantitative estimate of drug-likeness (QED) is 0.604. The van der Waals surface area contributed by atoms with Crippen LogP contribution in [0.4, 0.5) is 0 Å². The van der Waals surface area contributed by atoms with Crippen LogP contribution in [0.25, 0.3) is 22.8 Å². The number of halogens is 1. The standard InChI is InChI=1S/C24H23ClN6O3/c25-19-6-2-5-18(14-19)23-26-22(29-34-23)17-4-1-3-16(13-17)15-30-9-11-31(12-10-30)24(33)20-7-8-21(32)28-27-20/h1-6,13-14H,7-12,15H2,(H,28,32). The molecule has 2 aliphatic rings. The van der Waals surface area contributed by atoms with Gasteiger partial charge in [-0.3, -0.25) is 14.5 Å². The Balaban J connectivity index is 1.20. The van der Waals surface area contributed by atoms with Crippen molar-refractivity contribution in [3.05, 3.63) is 59.1 Å². The van der Waals surface area contributed by atoms with Crippen molar-refractivity contribution in [2.45, 2.75) is 19.4 Å². The van der Waals surface area contributed by atoms with Crippen molar-refractivity contribution >= 4 is 29.1 Å². The number of hydrogen-bond acceptors (Lipinski definition) is 7. The van der Waals surface area contributed by atoms with E-state index in [1.807, 2.05) is 24.3 Å². The highest BCUT2D eigenvalue weighted by Gasteiger charge is 2.26. The molecule has 1 fully saturated rings. The Hall–Kier alpha value is -3.56. The van der Waals surface area contributed by atoms with Crippen LogP contribution in [0, 0.1) is 0 Å². The summed E-state index contributed by atoms with van der Waals surface area (Å²) in [4.78, 5) is 32.5. The summed E-state index contributed by atoms with van der Waals surface area (Å²) in [6.07, 6.45) is 0.703. The summed E-state index contributed by atoms with van der Waals surface area (Å²) in [5.41, 5.74) is 5.60. The summed E-state index contributed by atoms with van der Waals surface area (Å²) in [6, 6.07) is 15.4. The zero-order chi connectivity index (χ0) is 23.5. The van der Waals surface area contributed by atoms with Crippen LogP contribution < -0.4 is 5.43 Å². The lowest BCUT2D eigenvalue weighted by Crippen LogP contribution is -2.51. The molecule has 3 heterocycles. The highest BCUT2D eigenvalue weighted by atomic mass is 35.5. The zero-order valence-corrected chi connectivity index (χ0v) is 19.2. The Morgan fingerprint density at radius 3 is 2.59 bits per heavy atom. The molecule has 1 N–H and O–H groups in total. The second kappa shape index (κ2) is 9.74. The maximum atomic E-state index is 12.6. The molecule has 2 amide bonds. The number of rotatable bonds is 5. The first-order chi connectivity index (χ1) is 16.5. The fraction of sp³-hybridized carbons (Fsp3) is 0.292. The second-order valence-electron chi connectivity index (χ2n) is 8.30. The minimum absolute atomic E-state index is 0.0886. The second-order valence-corrected chi connectivity index (χ2v) is 8.73. The minimum Gasteiger partial charge on any atom is -0.335 e. The fourth-order valence-corrected chi connectivity index (χ4v) is 4.26. The lowest BCUT2D eigenvalue weighted by atomic mass is 10.1. The Morgan fingerprint density at radius 2 is 1.82 bits per heavy atom. The molecule has 0 aliphatic carbocycles. The third-order valence-electron chi connectivity index (χ3n) is 5.90. The van der Waals surface area contributed by atoms with Crippen molar-refractivity contribution < 1.29 is 14.1 Å². The predicted octanol–water partition coefficient (Wildman–Crippen LogP) is 2.97. The third-order valence-corrected chi connectivity index (χ3v) is 6.13. The molecule has 5 rings (SSSR count). The van der Waals surface area contributed by atoms with Crippen LogP contribution in [0.15, 0.2) is 58.2 Å². The minimum atomic E-state index is -0.148. The van der Waals surface area contributed by atoms with Gasteiger partial charge in [-0.15, -0.1) is 0 Å². The van der Waals surface area contributed by atoms with Crippen molar-refractivity contribution in [1.29, 1.82) is 0 Å². The molecule has 3 aromatic rings. The summed E-state index contributed by atoms with van der Waals surface area (Å²) in [5, 5.41) is 8.67. The first-order valence-corrected chi connectivity index (χ1v) is 11.5. The molecule has 0 radical (unpaired) electrons.